The van der Waals surface area contributed by atoms with E-state index in [-0.39, 0.29) is 26.4 Å². The van der Waals surface area contributed by atoms with E-state index in [2.05, 4.69) is 122 Å². The van der Waals surface area contributed by atoms with Crippen LogP contribution in [-0.2, 0) is 24.5 Å². The second-order valence-corrected chi connectivity index (χ2v) is 15.2. The van der Waals surface area contributed by atoms with Gasteiger partial charge in [0.05, 0.1) is 5.41 Å². The summed E-state index contributed by atoms with van der Waals surface area (Å²) in [6.45, 7) is 6.30. The Morgan fingerprint density at radius 3 is 1.52 bits per heavy atom. The highest BCUT2D eigenvalue weighted by Crippen LogP contribution is 2.59. The predicted molar refractivity (Wildman–Crippen MR) is 239 cm³/mol. The molecule has 9 rings (SSSR count). The van der Waals surface area contributed by atoms with Gasteiger partial charge in [0, 0.05) is 12.2 Å². The summed E-state index contributed by atoms with van der Waals surface area (Å²) in [6.07, 6.45) is 0.122. The Kier molecular flexibility index (Phi) is 10.6. The summed E-state index contributed by atoms with van der Waals surface area (Å²) in [5.41, 5.74) is 6.24. The molecule has 0 radical (unpaired) electrons. The van der Waals surface area contributed by atoms with E-state index in [9.17, 15) is 19.8 Å². The van der Waals surface area contributed by atoms with E-state index in [0.29, 0.717) is 11.5 Å². The number of benzene rings is 8. The number of hydrogen-bond donors (Lipinski definition) is 2. The van der Waals surface area contributed by atoms with Crippen LogP contribution in [0, 0.1) is 0 Å². The lowest BCUT2D eigenvalue weighted by atomic mass is 9.67. The van der Waals surface area contributed by atoms with E-state index in [4.69, 9.17) is 18.9 Å². The first kappa shape index (κ1) is 39.2. The average Bonchev–Trinajstić information content (AvgIpc) is 3.59. The zero-order valence-corrected chi connectivity index (χ0v) is 33.3. The van der Waals surface area contributed by atoms with Crippen LogP contribution in [0.1, 0.15) is 22.3 Å². The first-order valence-corrected chi connectivity index (χ1v) is 20.1. The van der Waals surface area contributed by atoms with Gasteiger partial charge >= 0.3 is 11.9 Å². The maximum atomic E-state index is 11.5. The number of fused-ring (bicyclic) bond motifs is 8. The van der Waals surface area contributed by atoms with E-state index >= 15 is 0 Å². The molecular weight excluding hydrogens is 765 g/mol. The van der Waals surface area contributed by atoms with Crippen molar-refractivity contribution in [3.05, 3.63) is 193 Å². The second-order valence-electron chi connectivity index (χ2n) is 15.2. The van der Waals surface area contributed by atoms with Crippen LogP contribution in [0.15, 0.2) is 171 Å². The smallest absolute Gasteiger partial charge is 0.330 e. The molecule has 0 saturated heterocycles. The molecule has 2 atom stereocenters. The minimum atomic E-state index is -0.994. The number of carbonyl (C=O) groups is 2. The summed E-state index contributed by atoms with van der Waals surface area (Å²) in [4.78, 5) is 22.9. The molecule has 302 valence electrons. The van der Waals surface area contributed by atoms with E-state index in [0.717, 1.165) is 50.2 Å². The number of rotatable bonds is 14. The normalized spacial score (nSPS) is 15.2. The molecular formula is C53H42O8. The minimum Gasteiger partial charge on any atom is -0.491 e. The summed E-state index contributed by atoms with van der Waals surface area (Å²) in [7, 11) is 0. The molecule has 0 aliphatic heterocycles. The molecule has 2 N–H and O–H groups in total. The molecule has 61 heavy (non-hydrogen) atoms. The number of hydrogen-bond acceptors (Lipinski definition) is 8. The molecule has 0 aromatic heterocycles. The monoisotopic (exact) mass is 806 g/mol. The van der Waals surface area contributed by atoms with Gasteiger partial charge in [-0.1, -0.05) is 110 Å². The van der Waals surface area contributed by atoms with Gasteiger partial charge in [-0.25, -0.2) is 9.59 Å². The van der Waals surface area contributed by atoms with Gasteiger partial charge in [-0.3, -0.25) is 0 Å². The Labute approximate surface area is 352 Å². The number of esters is 2. The lowest BCUT2D eigenvalue weighted by Crippen LogP contribution is -2.28. The summed E-state index contributed by atoms with van der Waals surface area (Å²) >= 11 is 0. The Morgan fingerprint density at radius 2 is 0.967 bits per heavy atom. The van der Waals surface area contributed by atoms with Crippen molar-refractivity contribution in [3.63, 3.8) is 0 Å². The molecule has 1 aliphatic carbocycles. The van der Waals surface area contributed by atoms with Gasteiger partial charge in [-0.15, -0.1) is 0 Å². The highest BCUT2D eigenvalue weighted by atomic mass is 16.6. The molecule has 0 bridgehead atoms. The topological polar surface area (TPSA) is 112 Å². The van der Waals surface area contributed by atoms with Crippen molar-refractivity contribution < 1.29 is 38.7 Å². The van der Waals surface area contributed by atoms with E-state index in [1.54, 1.807) is 0 Å². The second kappa shape index (κ2) is 16.4. The Hall–Kier alpha value is -7.26. The third-order valence-electron chi connectivity index (χ3n) is 11.4. The Balaban J connectivity index is 1.17. The fraction of sp³-hybridized carbons (Fsp3) is 0.132. The summed E-state index contributed by atoms with van der Waals surface area (Å²) < 4.78 is 21.8. The van der Waals surface area contributed by atoms with Crippen molar-refractivity contribution in [2.45, 2.75) is 17.6 Å². The van der Waals surface area contributed by atoms with Gasteiger partial charge in [0.1, 0.15) is 50.1 Å². The van der Waals surface area contributed by atoms with Crippen LogP contribution in [0.2, 0.25) is 0 Å². The van der Waals surface area contributed by atoms with Crippen molar-refractivity contribution in [2.24, 2.45) is 0 Å². The molecule has 0 saturated carbocycles. The largest absolute Gasteiger partial charge is 0.491 e. The molecule has 0 amide bonds. The van der Waals surface area contributed by atoms with Crippen LogP contribution >= 0.6 is 0 Å². The fourth-order valence-electron chi connectivity index (χ4n) is 8.61. The maximum Gasteiger partial charge on any atom is 0.330 e. The van der Waals surface area contributed by atoms with Crippen LogP contribution in [0.25, 0.3) is 54.2 Å². The number of carbonyl (C=O) groups excluding carboxylic acids is 2. The molecule has 0 spiro atoms. The van der Waals surface area contributed by atoms with Gasteiger partial charge in [0.15, 0.2) is 0 Å². The predicted octanol–water partition coefficient (Wildman–Crippen LogP) is 9.60. The van der Waals surface area contributed by atoms with Crippen LogP contribution in [0.5, 0.6) is 11.5 Å². The summed E-state index contributed by atoms with van der Waals surface area (Å²) in [5.74, 6) is -0.0330. The van der Waals surface area contributed by atoms with Gasteiger partial charge in [-0.05, 0) is 125 Å². The lowest BCUT2D eigenvalue weighted by molar-refractivity contribution is -0.142. The van der Waals surface area contributed by atoms with Crippen LogP contribution < -0.4 is 9.47 Å². The zero-order chi connectivity index (χ0) is 42.1. The number of aliphatic hydroxyl groups is 2. The van der Waals surface area contributed by atoms with Crippen molar-refractivity contribution in [1.29, 1.82) is 0 Å². The van der Waals surface area contributed by atoms with Crippen LogP contribution in [0.4, 0.5) is 0 Å². The number of aliphatic hydroxyl groups excluding tert-OH is 2. The highest BCUT2D eigenvalue weighted by molar-refractivity contribution is 6.07. The molecule has 0 heterocycles. The standard InChI is InChI=1S/C53H42O8/c1-3-50(56)60-31-42(54)29-58-44-20-15-36-23-40(18-13-38(36)25-44)53(41-19-14-39-26-45(21-16-37(39)24-41)59-30-43(55)32-61-51(57)4-2)48-22-17-33-9-7-8-12-46(33)52(48)47-27-34-10-5-6-11-35(34)28-49(47)53/h3-28,42-43,54-55H,1-2,29-32H2. The molecule has 8 aromatic carbocycles. The van der Waals surface area contributed by atoms with E-state index < -0.39 is 29.6 Å². The van der Waals surface area contributed by atoms with E-state index in [1.807, 2.05) is 36.4 Å². The van der Waals surface area contributed by atoms with Gasteiger partial charge in [0.25, 0.3) is 0 Å². The SMILES string of the molecule is C=CC(=O)OCC(O)COc1ccc2cc(C3(c4ccc5cc(OCC(O)COC(=O)C=C)ccc5c4)c4cc5ccccc5cc4-c4c3ccc3ccccc43)ccc2c1. The summed E-state index contributed by atoms with van der Waals surface area (Å²) in [5, 5.41) is 29.3. The van der Waals surface area contributed by atoms with Crippen molar-refractivity contribution >= 4 is 55.0 Å². The molecule has 8 nitrogen and oxygen atoms in total. The third kappa shape index (κ3) is 7.37. The molecule has 8 aromatic rings. The zero-order valence-electron chi connectivity index (χ0n) is 33.3. The van der Waals surface area contributed by atoms with Crippen molar-refractivity contribution in [2.75, 3.05) is 26.4 Å². The van der Waals surface area contributed by atoms with Crippen molar-refractivity contribution in [1.82, 2.24) is 0 Å². The minimum absolute atomic E-state index is 0.0443. The third-order valence-corrected chi connectivity index (χ3v) is 11.4. The summed E-state index contributed by atoms with van der Waals surface area (Å²) in [6, 6.07) is 51.2. The van der Waals surface area contributed by atoms with Crippen LogP contribution in [0.3, 0.4) is 0 Å². The first-order chi connectivity index (χ1) is 29.7. The lowest BCUT2D eigenvalue weighted by Gasteiger charge is -2.34. The molecule has 2 unspecified atom stereocenters. The molecule has 0 fully saturated rings. The number of ether oxygens (including phenoxy) is 4. The van der Waals surface area contributed by atoms with Gasteiger partial charge < -0.3 is 29.2 Å². The molecule has 1 aliphatic rings. The Bertz CT molecular complexity index is 2900. The van der Waals surface area contributed by atoms with Gasteiger partial charge in [0.2, 0.25) is 0 Å². The average molecular weight is 807 g/mol. The molecule has 8 heteroatoms. The van der Waals surface area contributed by atoms with Gasteiger partial charge in [-0.2, -0.15) is 0 Å². The van der Waals surface area contributed by atoms with Crippen molar-refractivity contribution in [3.8, 4) is 22.6 Å². The Morgan fingerprint density at radius 1 is 0.508 bits per heavy atom. The first-order valence-electron chi connectivity index (χ1n) is 20.1. The van der Waals surface area contributed by atoms with E-state index in [1.165, 1.54) is 38.4 Å². The highest BCUT2D eigenvalue weighted by Gasteiger charge is 2.47. The fourth-order valence-corrected chi connectivity index (χ4v) is 8.61. The maximum absolute atomic E-state index is 11.5. The quantitative estimate of drug-likeness (QED) is 0.0826. The van der Waals surface area contributed by atoms with Crippen LogP contribution in [-0.4, -0.2) is 60.8 Å².